The number of nitrogens with zero attached hydrogens (tertiary/aromatic N) is 3. The van der Waals surface area contributed by atoms with E-state index in [0.29, 0.717) is 29.0 Å². The Bertz CT molecular complexity index is 1370. The van der Waals surface area contributed by atoms with Crippen LogP contribution in [0.25, 0.3) is 0 Å². The molecule has 35 heavy (non-hydrogen) atoms. The van der Waals surface area contributed by atoms with Gasteiger partial charge in [-0.05, 0) is 55.5 Å². The molecule has 10 heteroatoms. The molecule has 3 aromatic carbocycles. The number of aromatic nitrogens is 3. The number of carbonyl (C=O) groups excluding carboxylic acids is 1. The largest absolute Gasteiger partial charge is 0.457 e. The first-order valence-corrected chi connectivity index (χ1v) is 13.5. The van der Waals surface area contributed by atoms with Crippen molar-refractivity contribution in [1.29, 1.82) is 0 Å². The maximum absolute atomic E-state index is 12.7. The number of rotatable bonds is 10. The first kappa shape index (κ1) is 24.5. The third-order valence-electron chi connectivity index (χ3n) is 4.98. The molecule has 0 saturated carbocycles. The number of hydrogen-bond donors (Lipinski definition) is 1. The van der Waals surface area contributed by atoms with Gasteiger partial charge >= 0.3 is 0 Å². The van der Waals surface area contributed by atoms with E-state index in [9.17, 15) is 13.2 Å². The topological polar surface area (TPSA) is 103 Å². The Morgan fingerprint density at radius 1 is 0.914 bits per heavy atom. The predicted molar refractivity (Wildman–Crippen MR) is 135 cm³/mol. The summed E-state index contributed by atoms with van der Waals surface area (Å²) in [5, 5.41) is 11.5. The number of benzene rings is 3. The minimum absolute atomic E-state index is 0.103. The lowest BCUT2D eigenvalue weighted by molar-refractivity contribution is -0.113. The van der Waals surface area contributed by atoms with Crippen molar-refractivity contribution in [3.8, 4) is 11.5 Å². The summed E-state index contributed by atoms with van der Waals surface area (Å²) in [6.07, 6.45) is 0. The molecule has 1 N–H and O–H groups in total. The maximum Gasteiger partial charge on any atom is 0.234 e. The van der Waals surface area contributed by atoms with Crippen molar-refractivity contribution in [2.45, 2.75) is 29.3 Å². The van der Waals surface area contributed by atoms with E-state index >= 15 is 0 Å². The fourth-order valence-corrected chi connectivity index (χ4v) is 5.40. The van der Waals surface area contributed by atoms with E-state index in [0.717, 1.165) is 5.75 Å². The van der Waals surface area contributed by atoms with Crippen LogP contribution in [0.5, 0.6) is 11.5 Å². The molecule has 8 nitrogen and oxygen atoms in total. The van der Waals surface area contributed by atoms with Crippen LogP contribution >= 0.6 is 11.8 Å². The van der Waals surface area contributed by atoms with E-state index in [1.807, 2.05) is 37.3 Å². The zero-order valence-corrected chi connectivity index (χ0v) is 20.6. The summed E-state index contributed by atoms with van der Waals surface area (Å²) in [5.74, 6) is 1.37. The smallest absolute Gasteiger partial charge is 0.234 e. The van der Waals surface area contributed by atoms with Gasteiger partial charge in [-0.15, -0.1) is 10.2 Å². The molecule has 0 spiro atoms. The molecular weight excluding hydrogens is 484 g/mol. The lowest BCUT2D eigenvalue weighted by atomic mass is 10.3. The van der Waals surface area contributed by atoms with Gasteiger partial charge in [-0.25, -0.2) is 8.42 Å². The molecule has 1 heterocycles. The molecule has 0 aliphatic carbocycles. The van der Waals surface area contributed by atoms with Crippen LogP contribution in [0, 0.1) is 0 Å². The molecule has 0 aliphatic heterocycles. The zero-order valence-electron chi connectivity index (χ0n) is 19.0. The minimum atomic E-state index is -3.55. The summed E-state index contributed by atoms with van der Waals surface area (Å²) >= 11 is 1.20. The van der Waals surface area contributed by atoms with E-state index in [4.69, 9.17) is 4.74 Å². The SMILES string of the molecule is CCn1c(CS(=O)(=O)c2ccccc2)nnc1SCC(=O)Nc1ccc(Oc2ccccc2)cc1. The van der Waals surface area contributed by atoms with Crippen LogP contribution in [0.3, 0.4) is 0 Å². The Balaban J connectivity index is 1.34. The van der Waals surface area contributed by atoms with Gasteiger partial charge in [-0.2, -0.15) is 0 Å². The highest BCUT2D eigenvalue weighted by Crippen LogP contribution is 2.24. The van der Waals surface area contributed by atoms with E-state index < -0.39 is 9.84 Å². The number of nitrogens with one attached hydrogen (secondary N) is 1. The molecule has 0 unspecified atom stereocenters. The maximum atomic E-state index is 12.7. The molecule has 0 fully saturated rings. The van der Waals surface area contributed by atoms with Gasteiger partial charge in [0.2, 0.25) is 5.91 Å². The van der Waals surface area contributed by atoms with Crippen molar-refractivity contribution in [3.63, 3.8) is 0 Å². The van der Waals surface area contributed by atoms with Crippen LogP contribution in [0.4, 0.5) is 5.69 Å². The normalized spacial score (nSPS) is 11.2. The number of thioether (sulfide) groups is 1. The van der Waals surface area contributed by atoms with E-state index in [1.165, 1.54) is 11.8 Å². The van der Waals surface area contributed by atoms with Crippen LogP contribution < -0.4 is 10.1 Å². The average molecular weight is 509 g/mol. The molecule has 0 saturated heterocycles. The van der Waals surface area contributed by atoms with Gasteiger partial charge in [0.05, 0.1) is 10.6 Å². The number of sulfone groups is 1. The summed E-state index contributed by atoms with van der Waals surface area (Å²) < 4.78 is 32.9. The van der Waals surface area contributed by atoms with Crippen molar-refractivity contribution in [2.75, 3.05) is 11.1 Å². The number of anilines is 1. The fourth-order valence-electron chi connectivity index (χ4n) is 3.29. The molecule has 0 atom stereocenters. The molecule has 180 valence electrons. The number of carbonyl (C=O) groups is 1. The first-order chi connectivity index (χ1) is 16.9. The second kappa shape index (κ2) is 11.2. The van der Waals surface area contributed by atoms with Crippen LogP contribution in [0.2, 0.25) is 0 Å². The Morgan fingerprint density at radius 3 is 2.20 bits per heavy atom. The second-order valence-corrected chi connectivity index (χ2v) is 10.4. The highest BCUT2D eigenvalue weighted by atomic mass is 32.2. The number of hydrogen-bond acceptors (Lipinski definition) is 7. The van der Waals surface area contributed by atoms with Gasteiger partial charge < -0.3 is 14.6 Å². The Morgan fingerprint density at radius 2 is 1.54 bits per heavy atom. The zero-order chi connectivity index (χ0) is 24.7. The number of amides is 1. The Labute approximate surface area is 208 Å². The summed E-state index contributed by atoms with van der Waals surface area (Å²) in [5.41, 5.74) is 0.641. The molecule has 1 amide bonds. The summed E-state index contributed by atoms with van der Waals surface area (Å²) in [7, 11) is -3.55. The molecule has 4 rings (SSSR count). The Kier molecular flexibility index (Phi) is 7.84. The van der Waals surface area contributed by atoms with Crippen molar-refractivity contribution in [1.82, 2.24) is 14.8 Å². The average Bonchev–Trinajstić information content (AvgIpc) is 3.25. The van der Waals surface area contributed by atoms with Crippen LogP contribution in [-0.2, 0) is 26.9 Å². The van der Waals surface area contributed by atoms with Gasteiger partial charge in [0.1, 0.15) is 23.1 Å². The van der Waals surface area contributed by atoms with Crippen molar-refractivity contribution < 1.29 is 17.9 Å². The minimum Gasteiger partial charge on any atom is -0.457 e. The lowest BCUT2D eigenvalue weighted by Gasteiger charge is -2.09. The molecule has 4 aromatic rings. The van der Waals surface area contributed by atoms with Crippen LogP contribution in [0.15, 0.2) is 95.0 Å². The highest BCUT2D eigenvalue weighted by Gasteiger charge is 2.21. The predicted octanol–water partition coefficient (Wildman–Crippen LogP) is 4.80. The second-order valence-electron chi connectivity index (χ2n) is 7.49. The number of ether oxygens (including phenoxy) is 1. The van der Waals surface area contributed by atoms with Gasteiger partial charge in [0, 0.05) is 12.2 Å². The Hall–Kier alpha value is -3.63. The summed E-state index contributed by atoms with van der Waals surface area (Å²) in [6.45, 7) is 2.37. The van der Waals surface area contributed by atoms with E-state index in [-0.39, 0.29) is 22.3 Å². The highest BCUT2D eigenvalue weighted by molar-refractivity contribution is 7.99. The van der Waals surface area contributed by atoms with Crippen molar-refractivity contribution in [3.05, 3.63) is 90.8 Å². The van der Waals surface area contributed by atoms with E-state index in [1.54, 1.807) is 59.2 Å². The third kappa shape index (κ3) is 6.49. The summed E-state index contributed by atoms with van der Waals surface area (Å²) in [6, 6.07) is 24.8. The molecule has 0 radical (unpaired) electrons. The van der Waals surface area contributed by atoms with Crippen molar-refractivity contribution >= 4 is 33.2 Å². The molecule has 1 aromatic heterocycles. The summed E-state index contributed by atoms with van der Waals surface area (Å²) in [4.78, 5) is 12.7. The monoisotopic (exact) mass is 508 g/mol. The van der Waals surface area contributed by atoms with Gasteiger partial charge in [0.15, 0.2) is 15.0 Å². The molecular formula is C25H24N4O4S2. The molecule has 0 aliphatic rings. The third-order valence-corrected chi connectivity index (χ3v) is 7.58. The standard InChI is InChI=1S/C25H24N4O4S2/c1-2-29-23(18-35(31,32)22-11-7-4-8-12-22)27-28-25(29)34-17-24(30)26-19-13-15-21(16-14-19)33-20-9-5-3-6-10-20/h3-16H,2,17-18H2,1H3,(H,26,30). The molecule has 0 bridgehead atoms. The van der Waals surface area contributed by atoms with Gasteiger partial charge in [-0.1, -0.05) is 48.2 Å². The fraction of sp³-hybridized carbons (Fsp3) is 0.160. The number of para-hydroxylation sites is 1. The van der Waals surface area contributed by atoms with Crippen LogP contribution in [0.1, 0.15) is 12.7 Å². The van der Waals surface area contributed by atoms with Crippen LogP contribution in [-0.4, -0.2) is 34.8 Å². The van der Waals surface area contributed by atoms with Crippen molar-refractivity contribution in [2.24, 2.45) is 0 Å². The van der Waals surface area contributed by atoms with Gasteiger partial charge in [-0.3, -0.25) is 4.79 Å². The first-order valence-electron chi connectivity index (χ1n) is 10.9. The van der Waals surface area contributed by atoms with Gasteiger partial charge in [0.25, 0.3) is 0 Å². The quantitative estimate of drug-likeness (QED) is 0.307. The lowest BCUT2D eigenvalue weighted by Crippen LogP contribution is -2.15. The van der Waals surface area contributed by atoms with E-state index in [2.05, 4.69) is 15.5 Å².